The highest BCUT2D eigenvalue weighted by atomic mass is 35.5. The second kappa shape index (κ2) is 10.8. The average molecular weight is 527 g/mol. The van der Waals surface area contributed by atoms with Gasteiger partial charge in [0, 0.05) is 24.1 Å². The van der Waals surface area contributed by atoms with Crippen LogP contribution >= 0.6 is 11.6 Å². The smallest absolute Gasteiger partial charge is 0.341 e. The first kappa shape index (κ1) is 25.2. The van der Waals surface area contributed by atoms with Crippen molar-refractivity contribution in [2.75, 3.05) is 20.2 Å². The molecule has 0 amide bonds. The van der Waals surface area contributed by atoms with E-state index >= 15 is 0 Å². The highest BCUT2D eigenvalue weighted by Crippen LogP contribution is 2.29. The number of rotatable bonds is 7. The van der Waals surface area contributed by atoms with Gasteiger partial charge in [-0.2, -0.15) is 5.10 Å². The van der Waals surface area contributed by atoms with Crippen molar-refractivity contribution in [2.45, 2.75) is 10.8 Å². The maximum absolute atomic E-state index is 13.1. The summed E-state index contributed by atoms with van der Waals surface area (Å²) in [6.45, 7) is -0.228. The molecule has 3 aromatic rings. The van der Waals surface area contributed by atoms with Gasteiger partial charge in [-0.1, -0.05) is 60.1 Å². The highest BCUT2D eigenvalue weighted by molar-refractivity contribution is 7.90. The summed E-state index contributed by atoms with van der Waals surface area (Å²) in [4.78, 5) is 14.8. The predicted octanol–water partition coefficient (Wildman–Crippen LogP) is 3.57. The van der Waals surface area contributed by atoms with Gasteiger partial charge in [0.15, 0.2) is 6.61 Å². The monoisotopic (exact) mass is 526 g/mol. The van der Waals surface area contributed by atoms with Crippen LogP contribution in [-0.4, -0.2) is 56.4 Å². The quantitative estimate of drug-likeness (QED) is 0.358. The number of carboxylic acids is 1. The molecule has 0 saturated heterocycles. The number of ether oxygens (including phenoxy) is 1. The summed E-state index contributed by atoms with van der Waals surface area (Å²) >= 11 is 6.07. The van der Waals surface area contributed by atoms with Gasteiger partial charge in [-0.05, 0) is 35.4 Å². The lowest BCUT2D eigenvalue weighted by Gasteiger charge is -2.19. The SMILES string of the molecule is CN=C(NS(=O)(=O)c1cccc(OCC(=O)O)c1)N1CC(c2ccccc2)C(c2ccc(Cl)cc2)=N1. The molecule has 0 aliphatic carbocycles. The standard InChI is InChI=1S/C25H23ClN4O5S/c1-27-25(29-36(33,34)21-9-5-8-20(14-21)35-16-23(31)32)30-15-22(17-6-3-2-4-7-17)24(28-30)18-10-12-19(26)13-11-18/h2-14,22H,15-16H2,1H3,(H,27,29)(H,31,32). The van der Waals surface area contributed by atoms with E-state index in [0.29, 0.717) is 11.6 Å². The van der Waals surface area contributed by atoms with Crippen molar-refractivity contribution in [3.05, 3.63) is 95.0 Å². The first-order chi connectivity index (χ1) is 17.3. The molecular weight excluding hydrogens is 504 g/mol. The lowest BCUT2D eigenvalue weighted by Crippen LogP contribution is -2.41. The number of aliphatic carboxylic acids is 1. The van der Waals surface area contributed by atoms with Crippen LogP contribution in [0.25, 0.3) is 0 Å². The summed E-state index contributed by atoms with van der Waals surface area (Å²) in [7, 11) is -2.61. The van der Waals surface area contributed by atoms with Crippen LogP contribution in [0.4, 0.5) is 0 Å². The van der Waals surface area contributed by atoms with Crippen LogP contribution in [0.15, 0.2) is 93.9 Å². The summed E-state index contributed by atoms with van der Waals surface area (Å²) in [5, 5.41) is 15.6. The van der Waals surface area contributed by atoms with Gasteiger partial charge in [-0.25, -0.2) is 22.9 Å². The van der Waals surface area contributed by atoms with Crippen molar-refractivity contribution in [2.24, 2.45) is 10.1 Å². The first-order valence-corrected chi connectivity index (χ1v) is 12.7. The van der Waals surface area contributed by atoms with E-state index < -0.39 is 22.6 Å². The van der Waals surface area contributed by atoms with E-state index in [-0.39, 0.29) is 22.5 Å². The van der Waals surface area contributed by atoms with Crippen molar-refractivity contribution < 1.29 is 23.1 Å². The Morgan fingerprint density at radius 1 is 1.14 bits per heavy atom. The lowest BCUT2D eigenvalue weighted by molar-refractivity contribution is -0.139. The predicted molar refractivity (Wildman–Crippen MR) is 137 cm³/mol. The molecule has 0 saturated carbocycles. The maximum Gasteiger partial charge on any atom is 0.341 e. The number of carbonyl (C=O) groups is 1. The van der Waals surface area contributed by atoms with Gasteiger partial charge >= 0.3 is 5.97 Å². The summed E-state index contributed by atoms with van der Waals surface area (Å²) in [6, 6.07) is 22.7. The Hall–Kier alpha value is -3.89. The fourth-order valence-electron chi connectivity index (χ4n) is 3.73. The Morgan fingerprint density at radius 2 is 1.86 bits per heavy atom. The number of benzene rings is 3. The maximum atomic E-state index is 13.1. The Labute approximate surface area is 213 Å². The normalized spacial score (nSPS) is 15.9. The Kier molecular flexibility index (Phi) is 7.56. The molecule has 186 valence electrons. The van der Waals surface area contributed by atoms with E-state index in [0.717, 1.165) is 16.8 Å². The van der Waals surface area contributed by atoms with Crippen molar-refractivity contribution in [3.63, 3.8) is 0 Å². The third-order valence-corrected chi connectivity index (χ3v) is 6.99. The van der Waals surface area contributed by atoms with Crippen LogP contribution in [0, 0.1) is 0 Å². The van der Waals surface area contributed by atoms with Crippen LogP contribution in [0.3, 0.4) is 0 Å². The second-order valence-electron chi connectivity index (χ2n) is 7.85. The largest absolute Gasteiger partial charge is 0.482 e. The Balaban J connectivity index is 1.62. The number of halogens is 1. The molecule has 1 heterocycles. The number of aliphatic imine (C=N–C) groups is 1. The van der Waals surface area contributed by atoms with E-state index in [2.05, 4.69) is 9.71 Å². The number of hydrogen-bond acceptors (Lipinski definition) is 6. The van der Waals surface area contributed by atoms with Gasteiger partial charge in [0.05, 0.1) is 17.2 Å². The summed E-state index contributed by atoms with van der Waals surface area (Å²) in [6.07, 6.45) is 0. The second-order valence-corrected chi connectivity index (χ2v) is 9.97. The van der Waals surface area contributed by atoms with Crippen LogP contribution in [-0.2, 0) is 14.8 Å². The minimum atomic E-state index is -4.08. The molecule has 36 heavy (non-hydrogen) atoms. The average Bonchev–Trinajstić information content (AvgIpc) is 3.32. The number of nitrogens with one attached hydrogen (secondary N) is 1. The Bertz CT molecular complexity index is 1410. The molecule has 0 fully saturated rings. The molecule has 1 atom stereocenters. The van der Waals surface area contributed by atoms with Gasteiger partial charge in [0.25, 0.3) is 10.0 Å². The third kappa shape index (κ3) is 5.84. The van der Waals surface area contributed by atoms with Crippen LogP contribution < -0.4 is 9.46 Å². The summed E-state index contributed by atoms with van der Waals surface area (Å²) in [5.74, 6) is -1.15. The minimum Gasteiger partial charge on any atom is -0.482 e. The van der Waals surface area contributed by atoms with E-state index in [4.69, 9.17) is 26.5 Å². The fraction of sp³-hybridized carbons (Fsp3) is 0.160. The van der Waals surface area contributed by atoms with Crippen LogP contribution in [0.1, 0.15) is 17.0 Å². The number of sulfonamides is 1. The number of nitrogens with zero attached hydrogens (tertiary/aromatic N) is 3. The Morgan fingerprint density at radius 3 is 2.53 bits per heavy atom. The zero-order valence-electron chi connectivity index (χ0n) is 19.2. The van der Waals surface area contributed by atoms with Crippen molar-refractivity contribution >= 4 is 39.3 Å². The molecule has 0 bridgehead atoms. The third-order valence-electron chi connectivity index (χ3n) is 5.42. The van der Waals surface area contributed by atoms with Crippen LogP contribution in [0.5, 0.6) is 5.75 Å². The molecule has 11 heteroatoms. The van der Waals surface area contributed by atoms with E-state index in [1.54, 1.807) is 12.1 Å². The topological polar surface area (TPSA) is 121 Å². The van der Waals surface area contributed by atoms with Crippen molar-refractivity contribution in [1.29, 1.82) is 0 Å². The summed E-state index contributed by atoms with van der Waals surface area (Å²) in [5.41, 5.74) is 2.63. The number of hydrogen-bond donors (Lipinski definition) is 2. The number of carboxylic acid groups (broad SMARTS) is 1. The van der Waals surface area contributed by atoms with Crippen LogP contribution in [0.2, 0.25) is 5.02 Å². The molecular formula is C25H23ClN4O5S. The van der Waals surface area contributed by atoms with Gasteiger partial charge in [-0.15, -0.1) is 0 Å². The fourth-order valence-corrected chi connectivity index (χ4v) is 4.94. The lowest BCUT2D eigenvalue weighted by atomic mass is 9.91. The number of hydrazone groups is 1. The van der Waals surface area contributed by atoms with Gasteiger partial charge in [0.1, 0.15) is 5.75 Å². The molecule has 0 radical (unpaired) electrons. The molecule has 0 spiro atoms. The van der Waals surface area contributed by atoms with Gasteiger partial charge in [0.2, 0.25) is 5.96 Å². The zero-order valence-corrected chi connectivity index (χ0v) is 20.8. The summed E-state index contributed by atoms with van der Waals surface area (Å²) < 4.78 is 33.9. The first-order valence-electron chi connectivity index (χ1n) is 10.9. The van der Waals surface area contributed by atoms with E-state index in [1.807, 2.05) is 42.5 Å². The zero-order chi connectivity index (χ0) is 25.7. The van der Waals surface area contributed by atoms with Crippen molar-refractivity contribution in [1.82, 2.24) is 9.73 Å². The molecule has 1 aliphatic heterocycles. The van der Waals surface area contributed by atoms with Gasteiger partial charge in [-0.3, -0.25) is 4.99 Å². The molecule has 1 aliphatic rings. The van der Waals surface area contributed by atoms with E-state index in [1.165, 1.54) is 36.3 Å². The molecule has 9 nitrogen and oxygen atoms in total. The molecule has 2 N–H and O–H groups in total. The van der Waals surface area contributed by atoms with Gasteiger partial charge < -0.3 is 9.84 Å². The van der Waals surface area contributed by atoms with Crippen molar-refractivity contribution in [3.8, 4) is 5.75 Å². The minimum absolute atomic E-state index is 0.0387. The molecule has 0 aromatic heterocycles. The number of guanidine groups is 1. The van der Waals surface area contributed by atoms with E-state index in [9.17, 15) is 13.2 Å². The molecule has 4 rings (SSSR count). The molecule has 3 aromatic carbocycles. The highest BCUT2D eigenvalue weighted by Gasteiger charge is 2.33. The molecule has 1 unspecified atom stereocenters.